The number of benzene rings is 1. The minimum atomic E-state index is -0.510. The molecule has 0 saturated carbocycles. The molecule has 29 heavy (non-hydrogen) atoms. The number of methoxy groups -OCH3 is 2. The van der Waals surface area contributed by atoms with Gasteiger partial charge >= 0.3 is 0 Å². The van der Waals surface area contributed by atoms with Crippen molar-refractivity contribution in [3.05, 3.63) is 47.3 Å². The van der Waals surface area contributed by atoms with Crippen LogP contribution in [0.5, 0.6) is 5.75 Å². The molecule has 0 unspecified atom stereocenters. The molecule has 1 aliphatic rings. The number of ether oxygens (including phenoxy) is 2. The van der Waals surface area contributed by atoms with Crippen molar-refractivity contribution in [2.75, 3.05) is 33.9 Å². The number of carbonyl (C=O) groups is 1. The highest BCUT2D eigenvalue weighted by molar-refractivity contribution is 5.94. The van der Waals surface area contributed by atoms with Crippen LogP contribution in [0, 0.1) is 18.7 Å². The van der Waals surface area contributed by atoms with Gasteiger partial charge in [-0.1, -0.05) is 0 Å². The van der Waals surface area contributed by atoms with Crippen molar-refractivity contribution in [3.63, 3.8) is 0 Å². The lowest BCUT2D eigenvalue weighted by Gasteiger charge is -2.32. The van der Waals surface area contributed by atoms with E-state index in [0.29, 0.717) is 24.6 Å². The Kier molecular flexibility index (Phi) is 7.25. The minimum Gasteiger partial charge on any atom is -0.494 e. The quantitative estimate of drug-likeness (QED) is 0.634. The highest BCUT2D eigenvalue weighted by Gasteiger charge is 2.25. The fourth-order valence-electron chi connectivity index (χ4n) is 3.93. The molecule has 1 aromatic heterocycles. The van der Waals surface area contributed by atoms with Gasteiger partial charge < -0.3 is 18.9 Å². The minimum absolute atomic E-state index is 0.123. The zero-order chi connectivity index (χ0) is 20.8. The first-order valence-electron chi connectivity index (χ1n) is 10.2. The fourth-order valence-corrected chi connectivity index (χ4v) is 3.93. The third-order valence-electron chi connectivity index (χ3n) is 5.64. The van der Waals surface area contributed by atoms with Crippen molar-refractivity contribution >= 4 is 5.91 Å². The summed E-state index contributed by atoms with van der Waals surface area (Å²) in [4.78, 5) is 19.1. The van der Waals surface area contributed by atoms with E-state index in [1.807, 2.05) is 11.1 Å². The summed E-state index contributed by atoms with van der Waals surface area (Å²) in [7, 11) is 3.13. The Bertz CT molecular complexity index is 829. The number of hydrogen-bond donors (Lipinski definition) is 0. The first-order chi connectivity index (χ1) is 14.0. The van der Waals surface area contributed by atoms with Crippen LogP contribution in [0.1, 0.15) is 41.1 Å². The molecule has 0 N–H and O–H groups in total. The summed E-state index contributed by atoms with van der Waals surface area (Å²) in [6.45, 7) is 5.10. The number of amides is 1. The zero-order valence-electron chi connectivity index (χ0n) is 17.5. The SMILES string of the molecule is COCCCn1c(C)cnc1CC1CCN(C(=O)c2ccc(OC)c(F)c2)CC1. The molecule has 6 nitrogen and oxygen atoms in total. The largest absolute Gasteiger partial charge is 0.494 e. The maximum Gasteiger partial charge on any atom is 0.253 e. The average Bonchev–Trinajstić information content (AvgIpc) is 3.07. The van der Waals surface area contributed by atoms with Gasteiger partial charge in [-0.2, -0.15) is 0 Å². The molecule has 1 saturated heterocycles. The van der Waals surface area contributed by atoms with Crippen molar-refractivity contribution in [3.8, 4) is 5.75 Å². The monoisotopic (exact) mass is 403 g/mol. The number of hydrogen-bond acceptors (Lipinski definition) is 4. The molecular formula is C22H30FN3O3. The van der Waals surface area contributed by atoms with Gasteiger partial charge in [0.05, 0.1) is 7.11 Å². The maximum absolute atomic E-state index is 13.9. The van der Waals surface area contributed by atoms with E-state index in [0.717, 1.165) is 44.7 Å². The van der Waals surface area contributed by atoms with Gasteiger partial charge in [-0.3, -0.25) is 4.79 Å². The van der Waals surface area contributed by atoms with E-state index in [1.165, 1.54) is 24.9 Å². The first-order valence-corrected chi connectivity index (χ1v) is 10.2. The highest BCUT2D eigenvalue weighted by Crippen LogP contribution is 2.24. The van der Waals surface area contributed by atoms with E-state index < -0.39 is 5.82 Å². The normalized spacial score (nSPS) is 15.0. The predicted octanol–water partition coefficient (Wildman–Crippen LogP) is 3.47. The number of piperidine rings is 1. The highest BCUT2D eigenvalue weighted by atomic mass is 19.1. The molecule has 3 rings (SSSR count). The molecule has 2 aromatic rings. The van der Waals surface area contributed by atoms with Gasteiger partial charge in [-0.05, 0) is 50.3 Å². The lowest BCUT2D eigenvalue weighted by Crippen LogP contribution is -2.39. The van der Waals surface area contributed by atoms with Crippen molar-refractivity contribution in [2.45, 2.75) is 39.2 Å². The Morgan fingerprint density at radius 2 is 2.03 bits per heavy atom. The zero-order valence-corrected chi connectivity index (χ0v) is 17.5. The molecule has 0 atom stereocenters. The number of carbonyl (C=O) groups excluding carboxylic acids is 1. The Morgan fingerprint density at radius 1 is 1.28 bits per heavy atom. The van der Waals surface area contributed by atoms with Gasteiger partial charge in [0.25, 0.3) is 5.91 Å². The number of rotatable bonds is 8. The van der Waals surface area contributed by atoms with Crippen LogP contribution in [-0.2, 0) is 17.7 Å². The van der Waals surface area contributed by atoms with Crippen LogP contribution in [0.4, 0.5) is 4.39 Å². The van der Waals surface area contributed by atoms with Gasteiger partial charge in [-0.25, -0.2) is 9.37 Å². The molecule has 7 heteroatoms. The van der Waals surface area contributed by atoms with Crippen molar-refractivity contribution in [1.82, 2.24) is 14.5 Å². The smallest absolute Gasteiger partial charge is 0.253 e. The summed E-state index contributed by atoms with van der Waals surface area (Å²) in [6, 6.07) is 4.38. The summed E-state index contributed by atoms with van der Waals surface area (Å²) in [5, 5.41) is 0. The van der Waals surface area contributed by atoms with E-state index in [2.05, 4.69) is 16.5 Å². The van der Waals surface area contributed by atoms with E-state index in [1.54, 1.807) is 13.2 Å². The first kappa shape index (κ1) is 21.3. The third kappa shape index (κ3) is 5.15. The molecule has 1 aliphatic heterocycles. The van der Waals surface area contributed by atoms with E-state index >= 15 is 0 Å². The lowest BCUT2D eigenvalue weighted by atomic mass is 9.92. The second-order valence-electron chi connectivity index (χ2n) is 7.60. The van der Waals surface area contributed by atoms with Gasteiger partial charge in [0.2, 0.25) is 0 Å². The number of likely N-dealkylation sites (tertiary alicyclic amines) is 1. The van der Waals surface area contributed by atoms with Crippen LogP contribution in [0.15, 0.2) is 24.4 Å². The standard InChI is InChI=1S/C22H30FN3O3/c1-16-15-24-21(26(16)9-4-12-28-2)13-17-7-10-25(11-8-17)22(27)18-5-6-20(29-3)19(23)14-18/h5-6,14-15,17H,4,7-13H2,1-3H3. The fraction of sp³-hybridized carbons (Fsp3) is 0.545. The topological polar surface area (TPSA) is 56.6 Å². The van der Waals surface area contributed by atoms with E-state index in [4.69, 9.17) is 9.47 Å². The summed E-state index contributed by atoms with van der Waals surface area (Å²) in [5.41, 5.74) is 1.54. The number of aryl methyl sites for hydroxylation is 1. The summed E-state index contributed by atoms with van der Waals surface area (Å²) >= 11 is 0. The molecule has 1 amide bonds. The molecule has 158 valence electrons. The molecular weight excluding hydrogens is 373 g/mol. The predicted molar refractivity (Wildman–Crippen MR) is 109 cm³/mol. The molecule has 1 fully saturated rings. The van der Waals surface area contributed by atoms with Crippen LogP contribution in [-0.4, -0.2) is 54.3 Å². The van der Waals surface area contributed by atoms with Crippen molar-refractivity contribution in [2.24, 2.45) is 5.92 Å². The Balaban J connectivity index is 1.56. The molecule has 0 spiro atoms. The maximum atomic E-state index is 13.9. The van der Waals surface area contributed by atoms with Gasteiger partial charge in [0.1, 0.15) is 5.82 Å². The van der Waals surface area contributed by atoms with Gasteiger partial charge in [0, 0.05) is 57.2 Å². The molecule has 0 radical (unpaired) electrons. The third-order valence-corrected chi connectivity index (χ3v) is 5.64. The number of aromatic nitrogens is 2. The van der Waals surface area contributed by atoms with Gasteiger partial charge in [0.15, 0.2) is 11.6 Å². The summed E-state index contributed by atoms with van der Waals surface area (Å²) < 4.78 is 26.3. The molecule has 0 aliphatic carbocycles. The number of imidazole rings is 1. The van der Waals surface area contributed by atoms with E-state index in [9.17, 15) is 9.18 Å². The second-order valence-corrected chi connectivity index (χ2v) is 7.60. The van der Waals surface area contributed by atoms with Crippen LogP contribution in [0.2, 0.25) is 0 Å². The van der Waals surface area contributed by atoms with Gasteiger partial charge in [-0.15, -0.1) is 0 Å². The Hall–Kier alpha value is -2.41. The second kappa shape index (κ2) is 9.87. The molecule has 2 heterocycles. The average molecular weight is 403 g/mol. The van der Waals surface area contributed by atoms with Crippen molar-refractivity contribution < 1.29 is 18.7 Å². The van der Waals surface area contributed by atoms with E-state index in [-0.39, 0.29) is 11.7 Å². The molecule has 1 aromatic carbocycles. The Morgan fingerprint density at radius 3 is 2.69 bits per heavy atom. The van der Waals surface area contributed by atoms with Crippen molar-refractivity contribution in [1.29, 1.82) is 0 Å². The van der Waals surface area contributed by atoms with Crippen LogP contribution >= 0.6 is 0 Å². The van der Waals surface area contributed by atoms with Crippen LogP contribution in [0.25, 0.3) is 0 Å². The molecule has 0 bridgehead atoms. The summed E-state index contributed by atoms with van der Waals surface area (Å²) in [5.74, 6) is 1.12. The van der Waals surface area contributed by atoms with Crippen LogP contribution < -0.4 is 4.74 Å². The van der Waals surface area contributed by atoms with Crippen LogP contribution in [0.3, 0.4) is 0 Å². The lowest BCUT2D eigenvalue weighted by molar-refractivity contribution is 0.0689. The number of nitrogens with zero attached hydrogens (tertiary/aromatic N) is 3. The Labute approximate surface area is 171 Å². The summed E-state index contributed by atoms with van der Waals surface area (Å²) in [6.07, 6.45) is 5.66. The number of halogens is 1.